The summed E-state index contributed by atoms with van der Waals surface area (Å²) >= 11 is 0. The molecular weight excluding hydrogens is 395 g/mol. The Hall–Kier alpha value is -3.08. The number of hydrogen-bond acceptors (Lipinski definition) is 3. The fraction of sp³-hybridized carbons (Fsp3) is 0.214. The standard InChI is InChI=1S/C28H25BO3/c1-27(2,30)28(3,4)32-29-20-13-8-12-19-24(20)18-11-7-9-16-15-22-25(26(19)23(16)18)17-10-5-6-14-21(17)31-22/h5-15,29-30H,1-4H3. The van der Waals surface area contributed by atoms with Gasteiger partial charge in [-0.05, 0) is 72.8 Å². The van der Waals surface area contributed by atoms with Crippen molar-refractivity contribution in [1.29, 1.82) is 0 Å². The van der Waals surface area contributed by atoms with Crippen molar-refractivity contribution in [2.75, 3.05) is 0 Å². The summed E-state index contributed by atoms with van der Waals surface area (Å²) in [4.78, 5) is 0. The maximum absolute atomic E-state index is 10.5. The van der Waals surface area contributed by atoms with Gasteiger partial charge >= 0.3 is 7.48 Å². The second kappa shape index (κ2) is 6.47. The Morgan fingerprint density at radius 1 is 0.781 bits per heavy atom. The smallest absolute Gasteiger partial charge is 0.310 e. The predicted octanol–water partition coefficient (Wildman–Crippen LogP) is 5.93. The van der Waals surface area contributed by atoms with E-state index in [2.05, 4.69) is 54.6 Å². The van der Waals surface area contributed by atoms with Crippen molar-refractivity contribution in [3.05, 3.63) is 66.7 Å². The van der Waals surface area contributed by atoms with Crippen LogP contribution in [0.4, 0.5) is 0 Å². The lowest BCUT2D eigenvalue weighted by atomic mass is 9.78. The summed E-state index contributed by atoms with van der Waals surface area (Å²) in [5.41, 5.74) is 6.25. The molecule has 5 aromatic rings. The molecule has 0 unspecified atom stereocenters. The van der Waals surface area contributed by atoms with Crippen molar-refractivity contribution in [2.24, 2.45) is 0 Å². The molecule has 0 saturated heterocycles. The van der Waals surface area contributed by atoms with Crippen molar-refractivity contribution in [2.45, 2.75) is 38.9 Å². The first-order valence-electron chi connectivity index (χ1n) is 11.1. The van der Waals surface area contributed by atoms with Crippen molar-refractivity contribution < 1.29 is 14.2 Å². The van der Waals surface area contributed by atoms with Gasteiger partial charge < -0.3 is 14.2 Å². The van der Waals surface area contributed by atoms with E-state index >= 15 is 0 Å². The molecule has 1 aromatic heterocycles. The normalized spacial score (nSPS) is 13.3. The molecule has 0 aliphatic heterocycles. The molecule has 0 radical (unpaired) electrons. The van der Waals surface area contributed by atoms with Gasteiger partial charge in [0.15, 0.2) is 0 Å². The van der Waals surface area contributed by atoms with Crippen molar-refractivity contribution in [3.63, 3.8) is 0 Å². The van der Waals surface area contributed by atoms with Gasteiger partial charge in [-0.2, -0.15) is 0 Å². The van der Waals surface area contributed by atoms with Gasteiger partial charge in [0.05, 0.1) is 11.2 Å². The molecule has 158 valence electrons. The zero-order valence-corrected chi connectivity index (χ0v) is 18.8. The molecule has 4 aromatic carbocycles. The first-order chi connectivity index (χ1) is 15.3. The molecule has 0 fully saturated rings. The molecule has 32 heavy (non-hydrogen) atoms. The third kappa shape index (κ3) is 2.63. The highest BCUT2D eigenvalue weighted by Gasteiger charge is 2.36. The Morgan fingerprint density at radius 3 is 2.34 bits per heavy atom. The van der Waals surface area contributed by atoms with Gasteiger partial charge in [0.25, 0.3) is 0 Å². The van der Waals surface area contributed by atoms with Crippen molar-refractivity contribution in [3.8, 4) is 22.3 Å². The lowest BCUT2D eigenvalue weighted by Crippen LogP contribution is -2.49. The fourth-order valence-corrected chi connectivity index (χ4v) is 4.82. The number of hydrogen-bond donors (Lipinski definition) is 1. The van der Waals surface area contributed by atoms with Crippen LogP contribution in [0.1, 0.15) is 27.7 Å². The average Bonchev–Trinajstić information content (AvgIpc) is 3.29. The summed E-state index contributed by atoms with van der Waals surface area (Å²) in [5.74, 6) is 0. The molecule has 4 heteroatoms. The van der Waals surface area contributed by atoms with Crippen LogP contribution in [0.2, 0.25) is 0 Å². The molecule has 1 N–H and O–H groups in total. The highest BCUT2D eigenvalue weighted by atomic mass is 16.5. The summed E-state index contributed by atoms with van der Waals surface area (Å²) in [6.45, 7) is 7.46. The summed E-state index contributed by atoms with van der Waals surface area (Å²) in [5, 5.41) is 15.3. The lowest BCUT2D eigenvalue weighted by Gasteiger charge is -2.37. The zero-order chi connectivity index (χ0) is 22.3. The van der Waals surface area contributed by atoms with Gasteiger partial charge in [-0.25, -0.2) is 0 Å². The fourth-order valence-electron chi connectivity index (χ4n) is 4.82. The molecular formula is C28H25BO3. The molecule has 1 aliphatic rings. The number of para-hydroxylation sites is 1. The summed E-state index contributed by atoms with van der Waals surface area (Å²) in [7, 11) is 0.430. The minimum absolute atomic E-state index is 0.430. The Morgan fingerprint density at radius 2 is 1.53 bits per heavy atom. The van der Waals surface area contributed by atoms with E-state index in [0.29, 0.717) is 7.48 Å². The van der Waals surface area contributed by atoms with E-state index < -0.39 is 11.2 Å². The largest absolute Gasteiger partial charge is 0.456 e. The Kier molecular flexibility index (Phi) is 3.96. The lowest BCUT2D eigenvalue weighted by molar-refractivity contribution is -0.0893. The SMILES string of the molecule is CC(C)(O)C(C)(C)OBc1cccc2c1-c1cccc3cc4oc5ccccc5c4c-2c13. The van der Waals surface area contributed by atoms with Crippen LogP contribution in [0.5, 0.6) is 0 Å². The first-order valence-corrected chi connectivity index (χ1v) is 11.1. The van der Waals surface area contributed by atoms with Crippen molar-refractivity contribution >= 4 is 45.7 Å². The van der Waals surface area contributed by atoms with E-state index in [4.69, 9.17) is 9.07 Å². The van der Waals surface area contributed by atoms with E-state index in [9.17, 15) is 5.11 Å². The number of benzene rings is 4. The third-order valence-corrected chi connectivity index (χ3v) is 7.26. The quantitative estimate of drug-likeness (QED) is 0.360. The molecule has 0 bridgehead atoms. The van der Waals surface area contributed by atoms with Crippen molar-refractivity contribution in [1.82, 2.24) is 0 Å². The summed E-state index contributed by atoms with van der Waals surface area (Å²) in [6, 6.07) is 23.3. The Labute approximate surface area is 187 Å². The molecule has 3 nitrogen and oxygen atoms in total. The van der Waals surface area contributed by atoms with E-state index in [1.807, 2.05) is 26.0 Å². The highest BCUT2D eigenvalue weighted by molar-refractivity contribution is 6.51. The van der Waals surface area contributed by atoms with E-state index in [1.165, 1.54) is 38.4 Å². The van der Waals surface area contributed by atoms with E-state index in [1.54, 1.807) is 13.8 Å². The number of furan rings is 1. The second-order valence-corrected chi connectivity index (χ2v) is 9.82. The van der Waals surface area contributed by atoms with Crippen LogP contribution in [0.3, 0.4) is 0 Å². The summed E-state index contributed by atoms with van der Waals surface area (Å²) < 4.78 is 12.5. The van der Waals surface area contributed by atoms with Crippen LogP contribution >= 0.6 is 0 Å². The monoisotopic (exact) mass is 420 g/mol. The number of aliphatic hydroxyl groups is 1. The van der Waals surface area contributed by atoms with Gasteiger partial charge in [-0.15, -0.1) is 0 Å². The average molecular weight is 420 g/mol. The maximum Gasteiger partial charge on any atom is 0.310 e. The molecule has 0 atom stereocenters. The molecule has 0 saturated carbocycles. The van der Waals surface area contributed by atoms with Crippen LogP contribution in [-0.4, -0.2) is 23.8 Å². The first kappa shape index (κ1) is 19.6. The third-order valence-electron chi connectivity index (χ3n) is 7.26. The van der Waals surface area contributed by atoms with Crippen LogP contribution in [0.25, 0.3) is 55.0 Å². The predicted molar refractivity (Wildman–Crippen MR) is 134 cm³/mol. The minimum Gasteiger partial charge on any atom is -0.456 e. The van der Waals surface area contributed by atoms with Gasteiger partial charge in [0, 0.05) is 16.3 Å². The number of fused-ring (bicyclic) bond motifs is 7. The Balaban J connectivity index is 1.61. The van der Waals surface area contributed by atoms with Crippen LogP contribution < -0.4 is 5.46 Å². The van der Waals surface area contributed by atoms with Crippen LogP contribution in [0, 0.1) is 0 Å². The van der Waals surface area contributed by atoms with Gasteiger partial charge in [0.2, 0.25) is 0 Å². The molecule has 1 aliphatic carbocycles. The molecule has 0 spiro atoms. The van der Waals surface area contributed by atoms with E-state index in [0.717, 1.165) is 22.0 Å². The highest BCUT2D eigenvalue weighted by Crippen LogP contribution is 2.51. The topological polar surface area (TPSA) is 42.6 Å². The second-order valence-electron chi connectivity index (χ2n) is 9.82. The van der Waals surface area contributed by atoms with Gasteiger partial charge in [-0.3, -0.25) is 0 Å². The van der Waals surface area contributed by atoms with Crippen LogP contribution in [-0.2, 0) is 4.65 Å². The zero-order valence-electron chi connectivity index (χ0n) is 18.8. The minimum atomic E-state index is -0.949. The molecule has 6 rings (SSSR count). The van der Waals surface area contributed by atoms with Gasteiger partial charge in [-0.1, -0.05) is 54.6 Å². The van der Waals surface area contributed by atoms with Gasteiger partial charge in [0.1, 0.15) is 11.2 Å². The number of rotatable bonds is 4. The summed E-state index contributed by atoms with van der Waals surface area (Å²) in [6.07, 6.45) is 0. The maximum atomic E-state index is 10.5. The molecule has 0 amide bonds. The molecule has 1 heterocycles. The van der Waals surface area contributed by atoms with E-state index in [-0.39, 0.29) is 0 Å². The van der Waals surface area contributed by atoms with Crippen LogP contribution in [0.15, 0.2) is 71.1 Å². The Bertz CT molecular complexity index is 1540.